The van der Waals surface area contributed by atoms with E-state index >= 15 is 0 Å². The van der Waals surface area contributed by atoms with Crippen molar-refractivity contribution in [3.63, 3.8) is 0 Å². The predicted molar refractivity (Wildman–Crippen MR) is 90.2 cm³/mol. The minimum absolute atomic E-state index is 0. The van der Waals surface area contributed by atoms with Gasteiger partial charge in [0.05, 0.1) is 0 Å². The highest BCUT2D eigenvalue weighted by atomic mass is 35.5. The van der Waals surface area contributed by atoms with E-state index < -0.39 is 11.6 Å². The second-order valence-electron chi connectivity index (χ2n) is 7.33. The van der Waals surface area contributed by atoms with Crippen molar-refractivity contribution in [1.29, 1.82) is 0 Å². The van der Waals surface area contributed by atoms with Crippen LogP contribution in [0.2, 0.25) is 0 Å². The molecule has 4 rings (SSSR count). The first kappa shape index (κ1) is 17.6. The summed E-state index contributed by atoms with van der Waals surface area (Å²) in [7, 11) is 1.90. The van der Waals surface area contributed by atoms with Crippen molar-refractivity contribution in [3.8, 4) is 0 Å². The first-order valence-corrected chi connectivity index (χ1v) is 8.50. The molecule has 132 valence electrons. The SMILES string of the molecule is CN(C(=O)C1CC1c1ccc(F)c(F)c1)C1CC2CCC(C1)N2.Cl. The lowest BCUT2D eigenvalue weighted by atomic mass is 9.98. The van der Waals surface area contributed by atoms with Gasteiger partial charge in [-0.25, -0.2) is 8.78 Å². The Bertz CT molecular complexity index is 629. The van der Waals surface area contributed by atoms with E-state index in [1.165, 1.54) is 18.9 Å². The Morgan fingerprint density at radius 2 is 1.79 bits per heavy atom. The number of halogens is 3. The van der Waals surface area contributed by atoms with Crippen LogP contribution in [0.25, 0.3) is 0 Å². The first-order valence-electron chi connectivity index (χ1n) is 8.50. The minimum Gasteiger partial charge on any atom is -0.342 e. The summed E-state index contributed by atoms with van der Waals surface area (Å²) >= 11 is 0. The number of benzene rings is 1. The fourth-order valence-electron chi connectivity index (χ4n) is 4.36. The molecule has 1 amide bonds. The molecule has 2 saturated heterocycles. The number of hydrogen-bond acceptors (Lipinski definition) is 2. The van der Waals surface area contributed by atoms with E-state index in [0.29, 0.717) is 18.1 Å². The van der Waals surface area contributed by atoms with Crippen LogP contribution in [0.1, 0.15) is 43.6 Å². The van der Waals surface area contributed by atoms with E-state index in [0.717, 1.165) is 30.9 Å². The molecule has 1 aromatic carbocycles. The van der Waals surface area contributed by atoms with Crippen molar-refractivity contribution in [2.45, 2.75) is 56.1 Å². The van der Waals surface area contributed by atoms with Gasteiger partial charge in [-0.2, -0.15) is 0 Å². The van der Waals surface area contributed by atoms with Gasteiger partial charge in [-0.1, -0.05) is 6.07 Å². The zero-order valence-corrected chi connectivity index (χ0v) is 14.5. The number of hydrogen-bond donors (Lipinski definition) is 1. The molecule has 0 spiro atoms. The minimum atomic E-state index is -0.834. The molecule has 1 aromatic rings. The molecule has 1 N–H and O–H groups in total. The maximum absolute atomic E-state index is 13.4. The molecule has 6 heteroatoms. The summed E-state index contributed by atoms with van der Waals surface area (Å²) in [5, 5.41) is 3.59. The van der Waals surface area contributed by atoms with Gasteiger partial charge in [-0.05, 0) is 55.7 Å². The molecular weight excluding hydrogens is 334 g/mol. The summed E-state index contributed by atoms with van der Waals surface area (Å²) in [6.45, 7) is 0. The average Bonchev–Trinajstić information content (AvgIpc) is 3.28. The van der Waals surface area contributed by atoms with E-state index in [1.807, 2.05) is 11.9 Å². The molecule has 2 bridgehead atoms. The van der Waals surface area contributed by atoms with Crippen molar-refractivity contribution < 1.29 is 13.6 Å². The molecule has 2 aliphatic heterocycles. The second-order valence-corrected chi connectivity index (χ2v) is 7.33. The highest BCUT2D eigenvalue weighted by Gasteiger charge is 2.47. The molecule has 1 saturated carbocycles. The molecule has 3 aliphatic rings. The number of rotatable bonds is 3. The third kappa shape index (κ3) is 3.16. The lowest BCUT2D eigenvalue weighted by Gasteiger charge is -2.35. The van der Waals surface area contributed by atoms with Crippen LogP contribution in [0, 0.1) is 17.6 Å². The van der Waals surface area contributed by atoms with Crippen molar-refractivity contribution >= 4 is 18.3 Å². The quantitative estimate of drug-likeness (QED) is 0.901. The summed E-state index contributed by atoms with van der Waals surface area (Å²) in [5.74, 6) is -1.54. The maximum Gasteiger partial charge on any atom is 0.226 e. The molecular formula is C18H23ClF2N2O. The smallest absolute Gasteiger partial charge is 0.226 e. The fourth-order valence-corrected chi connectivity index (χ4v) is 4.36. The molecule has 1 aliphatic carbocycles. The van der Waals surface area contributed by atoms with Crippen LogP contribution >= 0.6 is 12.4 Å². The summed E-state index contributed by atoms with van der Waals surface area (Å²) < 4.78 is 26.4. The molecule has 4 atom stereocenters. The summed E-state index contributed by atoms with van der Waals surface area (Å²) in [5.41, 5.74) is 0.737. The number of fused-ring (bicyclic) bond motifs is 2. The zero-order valence-electron chi connectivity index (χ0n) is 13.7. The second kappa shape index (κ2) is 6.60. The summed E-state index contributed by atoms with van der Waals surface area (Å²) in [6.07, 6.45) is 5.23. The predicted octanol–water partition coefficient (Wildman–Crippen LogP) is 3.23. The van der Waals surface area contributed by atoms with Gasteiger partial charge in [0.25, 0.3) is 0 Å². The van der Waals surface area contributed by atoms with Gasteiger partial charge in [0.1, 0.15) is 0 Å². The topological polar surface area (TPSA) is 32.3 Å². The lowest BCUT2D eigenvalue weighted by molar-refractivity contribution is -0.134. The normalized spacial score (nSPS) is 33.7. The van der Waals surface area contributed by atoms with Gasteiger partial charge in [-0.15, -0.1) is 12.4 Å². The van der Waals surface area contributed by atoms with Crippen molar-refractivity contribution in [3.05, 3.63) is 35.4 Å². The molecule has 3 nitrogen and oxygen atoms in total. The maximum atomic E-state index is 13.4. The Hall–Kier alpha value is -1.20. The van der Waals surface area contributed by atoms with Crippen molar-refractivity contribution in [2.75, 3.05) is 7.05 Å². The monoisotopic (exact) mass is 356 g/mol. The van der Waals surface area contributed by atoms with E-state index in [4.69, 9.17) is 0 Å². The third-order valence-electron chi connectivity index (χ3n) is 5.82. The largest absolute Gasteiger partial charge is 0.342 e. The van der Waals surface area contributed by atoms with Gasteiger partial charge in [-0.3, -0.25) is 4.79 Å². The van der Waals surface area contributed by atoms with Crippen LogP contribution in [0.3, 0.4) is 0 Å². The van der Waals surface area contributed by atoms with Crippen molar-refractivity contribution in [1.82, 2.24) is 10.2 Å². The van der Waals surface area contributed by atoms with Crippen molar-refractivity contribution in [2.24, 2.45) is 5.92 Å². The van der Waals surface area contributed by atoms with Gasteiger partial charge >= 0.3 is 0 Å². The molecule has 3 fully saturated rings. The van der Waals surface area contributed by atoms with Gasteiger partial charge in [0.2, 0.25) is 5.91 Å². The highest BCUT2D eigenvalue weighted by molar-refractivity contribution is 5.85. The Morgan fingerprint density at radius 1 is 1.12 bits per heavy atom. The highest BCUT2D eigenvalue weighted by Crippen LogP contribution is 2.49. The molecule has 0 radical (unpaired) electrons. The number of carbonyl (C=O) groups is 1. The Labute approximate surface area is 147 Å². The van der Waals surface area contributed by atoms with Gasteiger partial charge in [0, 0.05) is 31.1 Å². The van der Waals surface area contributed by atoms with Crippen LogP contribution in [0.4, 0.5) is 8.78 Å². The van der Waals surface area contributed by atoms with E-state index in [2.05, 4.69) is 5.32 Å². The molecule has 2 heterocycles. The Balaban J connectivity index is 0.00000169. The van der Waals surface area contributed by atoms with Crippen LogP contribution in [-0.4, -0.2) is 36.0 Å². The summed E-state index contributed by atoms with van der Waals surface area (Å²) in [6, 6.07) is 5.40. The average molecular weight is 357 g/mol. The number of carbonyl (C=O) groups excluding carboxylic acids is 1. The van der Waals surface area contributed by atoms with Gasteiger partial charge < -0.3 is 10.2 Å². The fraction of sp³-hybridized carbons (Fsp3) is 0.611. The summed E-state index contributed by atoms with van der Waals surface area (Å²) in [4.78, 5) is 14.6. The van der Waals surface area contributed by atoms with E-state index in [-0.39, 0.29) is 30.2 Å². The first-order chi connectivity index (χ1) is 11.0. The standard InChI is InChI=1S/C18H22F2N2O.ClH/c1-22(13-7-11-3-4-12(8-13)21-11)18(23)15-9-14(15)10-2-5-16(19)17(20)6-10;/h2,5-6,11-15,21H,3-4,7-9H2,1H3;1H. The van der Waals surface area contributed by atoms with Crippen LogP contribution in [-0.2, 0) is 4.79 Å². The number of piperidine rings is 1. The lowest BCUT2D eigenvalue weighted by Crippen LogP contribution is -2.49. The molecule has 0 aromatic heterocycles. The van der Waals surface area contributed by atoms with E-state index in [9.17, 15) is 13.6 Å². The zero-order chi connectivity index (χ0) is 16.1. The van der Waals surface area contributed by atoms with Gasteiger partial charge in [0.15, 0.2) is 11.6 Å². The van der Waals surface area contributed by atoms with Crippen LogP contribution in [0.5, 0.6) is 0 Å². The molecule has 24 heavy (non-hydrogen) atoms. The number of amides is 1. The van der Waals surface area contributed by atoms with Crippen LogP contribution < -0.4 is 5.32 Å². The van der Waals surface area contributed by atoms with Crippen LogP contribution in [0.15, 0.2) is 18.2 Å². The Kier molecular flexibility index (Phi) is 4.85. The molecule has 4 unspecified atom stereocenters. The Morgan fingerprint density at radius 3 is 2.42 bits per heavy atom. The number of nitrogens with zero attached hydrogens (tertiary/aromatic N) is 1. The third-order valence-corrected chi connectivity index (χ3v) is 5.82. The number of nitrogens with one attached hydrogen (secondary N) is 1. The van der Waals surface area contributed by atoms with E-state index in [1.54, 1.807) is 6.07 Å².